The van der Waals surface area contributed by atoms with Crippen LogP contribution in [0.25, 0.3) is 0 Å². The van der Waals surface area contributed by atoms with Gasteiger partial charge in [0.1, 0.15) is 0 Å². The number of nitrogens with one attached hydrogen (secondary N) is 1. The van der Waals surface area contributed by atoms with Crippen molar-refractivity contribution in [3.8, 4) is 0 Å². The summed E-state index contributed by atoms with van der Waals surface area (Å²) in [6.45, 7) is 4.07. The number of carbonyl (C=O) groups excluding carboxylic acids is 2. The Kier molecular flexibility index (Phi) is 3.85. The molecule has 0 aliphatic carbocycles. The van der Waals surface area contributed by atoms with Crippen LogP contribution in [0.4, 0.5) is 5.69 Å². The van der Waals surface area contributed by atoms with Crippen molar-refractivity contribution in [1.29, 1.82) is 0 Å². The lowest BCUT2D eigenvalue weighted by molar-refractivity contribution is -0.131. The quantitative estimate of drug-likeness (QED) is 0.848. The number of benzene rings is 1. The number of likely N-dealkylation sites (tertiary alicyclic amines) is 1. The fourth-order valence-corrected chi connectivity index (χ4v) is 2.27. The first kappa shape index (κ1) is 13.5. The molecule has 1 aromatic carbocycles. The van der Waals surface area contributed by atoms with Gasteiger partial charge in [-0.2, -0.15) is 0 Å². The van der Waals surface area contributed by atoms with Gasteiger partial charge < -0.3 is 15.3 Å². The number of rotatable bonds is 3. The standard InChI is InChI=1S/C14H18N2O3/c1-9-4-3-5-10(2)14(9)15-12(18)8-16-7-11(17)6-13(16)19/h3-5,11,17H,6-8H2,1-2H3,(H,15,18). The van der Waals surface area contributed by atoms with Crippen LogP contribution in [-0.4, -0.2) is 41.0 Å². The summed E-state index contributed by atoms with van der Waals surface area (Å²) in [5.74, 6) is -0.413. The van der Waals surface area contributed by atoms with E-state index in [0.29, 0.717) is 0 Å². The molecular weight excluding hydrogens is 244 g/mol. The van der Waals surface area contributed by atoms with Crippen LogP contribution in [0.15, 0.2) is 18.2 Å². The Hall–Kier alpha value is -1.88. The molecule has 5 heteroatoms. The Bertz CT molecular complexity index is 493. The molecule has 1 unspecified atom stereocenters. The van der Waals surface area contributed by atoms with Crippen LogP contribution in [0.2, 0.25) is 0 Å². The van der Waals surface area contributed by atoms with Crippen molar-refractivity contribution < 1.29 is 14.7 Å². The van der Waals surface area contributed by atoms with Crippen molar-refractivity contribution in [2.24, 2.45) is 0 Å². The van der Waals surface area contributed by atoms with E-state index in [0.717, 1.165) is 16.8 Å². The molecule has 0 radical (unpaired) electrons. The van der Waals surface area contributed by atoms with E-state index in [4.69, 9.17) is 0 Å². The molecule has 0 aromatic heterocycles. The minimum absolute atomic E-state index is 0.0103. The van der Waals surface area contributed by atoms with E-state index in [9.17, 15) is 14.7 Å². The van der Waals surface area contributed by atoms with Crippen LogP contribution in [-0.2, 0) is 9.59 Å². The predicted octanol–water partition coefficient (Wildman–Crippen LogP) is 0.835. The van der Waals surface area contributed by atoms with Crippen LogP contribution in [0.5, 0.6) is 0 Å². The minimum Gasteiger partial charge on any atom is -0.391 e. The second-order valence-corrected chi connectivity index (χ2v) is 4.95. The average Bonchev–Trinajstić information content (AvgIpc) is 2.63. The monoisotopic (exact) mass is 262 g/mol. The molecule has 2 rings (SSSR count). The molecule has 1 aromatic rings. The number of anilines is 1. The first-order chi connectivity index (χ1) is 8.97. The maximum atomic E-state index is 11.9. The largest absolute Gasteiger partial charge is 0.391 e. The van der Waals surface area contributed by atoms with Gasteiger partial charge in [-0.3, -0.25) is 9.59 Å². The lowest BCUT2D eigenvalue weighted by Gasteiger charge is -2.17. The zero-order valence-corrected chi connectivity index (χ0v) is 11.1. The molecule has 0 saturated carbocycles. The Morgan fingerprint density at radius 2 is 2.05 bits per heavy atom. The van der Waals surface area contributed by atoms with Crippen LogP contribution in [0, 0.1) is 13.8 Å². The summed E-state index contributed by atoms with van der Waals surface area (Å²) < 4.78 is 0. The molecule has 0 bridgehead atoms. The number of hydrogen-bond acceptors (Lipinski definition) is 3. The van der Waals surface area contributed by atoms with Crippen molar-refractivity contribution >= 4 is 17.5 Å². The second kappa shape index (κ2) is 5.40. The van der Waals surface area contributed by atoms with Gasteiger partial charge in [0.2, 0.25) is 11.8 Å². The number of aliphatic hydroxyl groups is 1. The number of para-hydroxylation sites is 1. The van der Waals surface area contributed by atoms with E-state index < -0.39 is 6.10 Å². The molecular formula is C14H18N2O3. The van der Waals surface area contributed by atoms with Crippen molar-refractivity contribution in [2.75, 3.05) is 18.4 Å². The van der Waals surface area contributed by atoms with Gasteiger partial charge in [-0.15, -0.1) is 0 Å². The van der Waals surface area contributed by atoms with Gasteiger partial charge in [-0.1, -0.05) is 18.2 Å². The van der Waals surface area contributed by atoms with Gasteiger partial charge in [-0.05, 0) is 25.0 Å². The molecule has 1 atom stereocenters. The molecule has 102 valence electrons. The number of aliphatic hydroxyl groups excluding tert-OH is 1. The maximum Gasteiger partial charge on any atom is 0.244 e. The fraction of sp³-hybridized carbons (Fsp3) is 0.429. The number of nitrogens with zero attached hydrogens (tertiary/aromatic N) is 1. The van der Waals surface area contributed by atoms with Gasteiger partial charge in [-0.25, -0.2) is 0 Å². The Labute approximate surface area is 112 Å². The Morgan fingerprint density at radius 3 is 2.58 bits per heavy atom. The van der Waals surface area contributed by atoms with E-state index in [1.54, 1.807) is 0 Å². The number of aryl methyl sites for hydroxylation is 2. The number of amides is 2. The van der Waals surface area contributed by atoms with Crippen molar-refractivity contribution in [1.82, 2.24) is 4.90 Å². The van der Waals surface area contributed by atoms with E-state index in [1.807, 2.05) is 32.0 Å². The molecule has 1 aliphatic rings. The Morgan fingerprint density at radius 1 is 1.42 bits per heavy atom. The maximum absolute atomic E-state index is 11.9. The van der Waals surface area contributed by atoms with Gasteiger partial charge in [0.05, 0.1) is 19.1 Å². The minimum atomic E-state index is -0.652. The summed E-state index contributed by atoms with van der Waals surface area (Å²) in [5, 5.41) is 12.2. The van der Waals surface area contributed by atoms with Gasteiger partial charge in [0.25, 0.3) is 0 Å². The summed E-state index contributed by atoms with van der Waals surface area (Å²) >= 11 is 0. The fourth-order valence-electron chi connectivity index (χ4n) is 2.27. The zero-order valence-electron chi connectivity index (χ0n) is 11.1. The highest BCUT2D eigenvalue weighted by molar-refractivity contribution is 5.96. The summed E-state index contributed by atoms with van der Waals surface area (Å²) in [4.78, 5) is 24.8. The molecule has 2 amide bonds. The zero-order chi connectivity index (χ0) is 14.0. The number of β-amino-alcohol motifs (C(OH)–C–C–N with tert-alkyl or cyclic N) is 1. The van der Waals surface area contributed by atoms with Gasteiger partial charge >= 0.3 is 0 Å². The summed E-state index contributed by atoms with van der Waals surface area (Å²) in [7, 11) is 0. The van der Waals surface area contributed by atoms with Crippen molar-refractivity contribution in [3.63, 3.8) is 0 Å². The second-order valence-electron chi connectivity index (χ2n) is 4.95. The smallest absolute Gasteiger partial charge is 0.244 e. The van der Waals surface area contributed by atoms with E-state index in [-0.39, 0.29) is 31.3 Å². The van der Waals surface area contributed by atoms with Gasteiger partial charge in [0.15, 0.2) is 0 Å². The topological polar surface area (TPSA) is 69.6 Å². The van der Waals surface area contributed by atoms with E-state index in [2.05, 4.69) is 5.32 Å². The first-order valence-corrected chi connectivity index (χ1v) is 6.29. The Balaban J connectivity index is 2.00. The normalized spacial score (nSPS) is 18.8. The molecule has 1 aliphatic heterocycles. The summed E-state index contributed by atoms with van der Waals surface area (Å²) in [5.41, 5.74) is 2.77. The van der Waals surface area contributed by atoms with E-state index >= 15 is 0 Å². The van der Waals surface area contributed by atoms with Crippen LogP contribution < -0.4 is 5.32 Å². The molecule has 2 N–H and O–H groups in total. The highest BCUT2D eigenvalue weighted by Gasteiger charge is 2.29. The molecule has 0 spiro atoms. The molecule has 1 saturated heterocycles. The molecule has 5 nitrogen and oxygen atoms in total. The highest BCUT2D eigenvalue weighted by Crippen LogP contribution is 2.19. The summed E-state index contributed by atoms with van der Waals surface area (Å²) in [6.07, 6.45) is -0.545. The lowest BCUT2D eigenvalue weighted by atomic mass is 10.1. The molecule has 19 heavy (non-hydrogen) atoms. The first-order valence-electron chi connectivity index (χ1n) is 6.29. The molecule has 1 fully saturated rings. The average molecular weight is 262 g/mol. The third-order valence-electron chi connectivity index (χ3n) is 3.27. The summed E-state index contributed by atoms with van der Waals surface area (Å²) in [6, 6.07) is 5.78. The van der Waals surface area contributed by atoms with Crippen molar-refractivity contribution in [3.05, 3.63) is 29.3 Å². The van der Waals surface area contributed by atoms with Crippen LogP contribution >= 0.6 is 0 Å². The molecule has 1 heterocycles. The highest BCUT2D eigenvalue weighted by atomic mass is 16.3. The van der Waals surface area contributed by atoms with Crippen LogP contribution in [0.1, 0.15) is 17.5 Å². The lowest BCUT2D eigenvalue weighted by Crippen LogP contribution is -2.35. The number of hydrogen-bond donors (Lipinski definition) is 2. The third-order valence-corrected chi connectivity index (χ3v) is 3.27. The van der Waals surface area contributed by atoms with Crippen LogP contribution in [0.3, 0.4) is 0 Å². The predicted molar refractivity (Wildman–Crippen MR) is 71.7 cm³/mol. The van der Waals surface area contributed by atoms with Crippen molar-refractivity contribution in [2.45, 2.75) is 26.4 Å². The van der Waals surface area contributed by atoms with Gasteiger partial charge in [0, 0.05) is 12.2 Å². The SMILES string of the molecule is Cc1cccc(C)c1NC(=O)CN1CC(O)CC1=O. The van der Waals surface area contributed by atoms with E-state index in [1.165, 1.54) is 4.90 Å². The number of carbonyl (C=O) groups is 2. The third kappa shape index (κ3) is 3.12.